The molecule has 2 rings (SSSR count). The number of methoxy groups -OCH3 is 1. The van der Waals surface area contributed by atoms with Crippen LogP contribution in [0, 0.1) is 0 Å². The molecule has 0 spiro atoms. The number of benzene rings is 1. The molecule has 5 nitrogen and oxygen atoms in total. The fraction of sp³-hybridized carbons (Fsp3) is 0.556. The number of halogens is 1. The number of amides is 2. The average Bonchev–Trinajstić information content (AvgIpc) is 2.85. The van der Waals surface area contributed by atoms with Crippen molar-refractivity contribution in [3.05, 3.63) is 34.9 Å². The summed E-state index contributed by atoms with van der Waals surface area (Å²) in [5.74, 6) is -1.20. The standard InChI is InChI=1S/C18H25ClN2O3/c1-24-16(14-10-6-7-11-15(14)19)12-20-17(22)18(23)21-13-8-4-2-3-5-9-13/h6-7,10-11,13,16H,2-5,8-9,12H2,1H3,(H,20,22)(H,21,23). The van der Waals surface area contributed by atoms with Gasteiger partial charge in [0.25, 0.3) is 0 Å². The maximum absolute atomic E-state index is 12.0. The van der Waals surface area contributed by atoms with Crippen molar-refractivity contribution in [2.24, 2.45) is 0 Å². The van der Waals surface area contributed by atoms with Crippen molar-refractivity contribution >= 4 is 23.4 Å². The summed E-state index contributed by atoms with van der Waals surface area (Å²) in [6.07, 6.45) is 6.10. The molecule has 1 atom stereocenters. The molecule has 1 aromatic carbocycles. The minimum Gasteiger partial charge on any atom is -0.375 e. The topological polar surface area (TPSA) is 67.4 Å². The lowest BCUT2D eigenvalue weighted by atomic mass is 10.1. The van der Waals surface area contributed by atoms with Gasteiger partial charge in [0.05, 0.1) is 0 Å². The van der Waals surface area contributed by atoms with E-state index in [0.717, 1.165) is 31.2 Å². The Morgan fingerprint density at radius 3 is 2.46 bits per heavy atom. The van der Waals surface area contributed by atoms with Crippen molar-refractivity contribution in [2.45, 2.75) is 50.7 Å². The van der Waals surface area contributed by atoms with E-state index < -0.39 is 17.9 Å². The Hall–Kier alpha value is -1.59. The van der Waals surface area contributed by atoms with Crippen LogP contribution in [0.3, 0.4) is 0 Å². The van der Waals surface area contributed by atoms with E-state index in [-0.39, 0.29) is 12.6 Å². The summed E-state index contributed by atoms with van der Waals surface area (Å²) >= 11 is 6.15. The zero-order valence-corrected chi connectivity index (χ0v) is 14.8. The van der Waals surface area contributed by atoms with Crippen LogP contribution in [0.25, 0.3) is 0 Å². The molecule has 2 amide bonds. The highest BCUT2D eigenvalue weighted by Gasteiger charge is 2.21. The zero-order chi connectivity index (χ0) is 17.4. The van der Waals surface area contributed by atoms with Gasteiger partial charge < -0.3 is 15.4 Å². The minimum atomic E-state index is -0.631. The molecule has 0 heterocycles. The van der Waals surface area contributed by atoms with Gasteiger partial charge in [-0.05, 0) is 18.9 Å². The Kier molecular flexibility index (Phi) is 7.53. The largest absolute Gasteiger partial charge is 0.375 e. The molecule has 24 heavy (non-hydrogen) atoms. The van der Waals surface area contributed by atoms with Crippen LogP contribution in [0.1, 0.15) is 50.2 Å². The third kappa shape index (κ3) is 5.49. The Bertz CT molecular complexity index is 557. The molecule has 0 aromatic heterocycles. The molecular weight excluding hydrogens is 328 g/mol. The second-order valence-electron chi connectivity index (χ2n) is 6.12. The van der Waals surface area contributed by atoms with Crippen molar-refractivity contribution in [3.63, 3.8) is 0 Å². The van der Waals surface area contributed by atoms with Gasteiger partial charge in [-0.25, -0.2) is 0 Å². The molecular formula is C18H25ClN2O3. The molecule has 1 aromatic rings. The molecule has 0 radical (unpaired) electrons. The lowest BCUT2D eigenvalue weighted by Crippen LogP contribution is -2.45. The second-order valence-corrected chi connectivity index (χ2v) is 6.53. The first-order valence-electron chi connectivity index (χ1n) is 8.47. The Balaban J connectivity index is 1.84. The van der Waals surface area contributed by atoms with Gasteiger partial charge in [0, 0.05) is 30.3 Å². The third-order valence-corrected chi connectivity index (χ3v) is 4.73. The highest BCUT2D eigenvalue weighted by Crippen LogP contribution is 2.24. The summed E-state index contributed by atoms with van der Waals surface area (Å²) in [7, 11) is 1.55. The van der Waals surface area contributed by atoms with Crippen molar-refractivity contribution in [3.8, 4) is 0 Å². The maximum Gasteiger partial charge on any atom is 0.309 e. The molecule has 132 valence electrons. The second kappa shape index (κ2) is 9.64. The van der Waals surface area contributed by atoms with E-state index in [9.17, 15) is 9.59 Å². The molecule has 1 unspecified atom stereocenters. The summed E-state index contributed by atoms with van der Waals surface area (Å²) in [6.45, 7) is 0.192. The smallest absolute Gasteiger partial charge is 0.309 e. The van der Waals surface area contributed by atoms with Crippen LogP contribution >= 0.6 is 11.6 Å². The highest BCUT2D eigenvalue weighted by atomic mass is 35.5. The summed E-state index contributed by atoms with van der Waals surface area (Å²) in [4.78, 5) is 24.1. The molecule has 2 N–H and O–H groups in total. The normalized spacial score (nSPS) is 16.9. The highest BCUT2D eigenvalue weighted by molar-refractivity contribution is 6.35. The number of hydrogen-bond donors (Lipinski definition) is 2. The number of hydrogen-bond acceptors (Lipinski definition) is 3. The van der Waals surface area contributed by atoms with Gasteiger partial charge >= 0.3 is 11.8 Å². The van der Waals surface area contributed by atoms with Crippen LogP contribution in [-0.4, -0.2) is 31.5 Å². The number of ether oxygens (including phenoxy) is 1. The van der Waals surface area contributed by atoms with Gasteiger partial charge in [-0.15, -0.1) is 0 Å². The van der Waals surface area contributed by atoms with Crippen molar-refractivity contribution in [2.75, 3.05) is 13.7 Å². The first-order valence-corrected chi connectivity index (χ1v) is 8.85. The Labute approximate surface area is 148 Å². The van der Waals surface area contributed by atoms with E-state index in [1.165, 1.54) is 12.8 Å². The Morgan fingerprint density at radius 2 is 1.83 bits per heavy atom. The van der Waals surface area contributed by atoms with Gasteiger partial charge in [-0.1, -0.05) is 55.5 Å². The first kappa shape index (κ1) is 18.7. The predicted molar refractivity (Wildman–Crippen MR) is 93.8 cm³/mol. The van der Waals surface area contributed by atoms with Gasteiger partial charge in [-0.2, -0.15) is 0 Å². The predicted octanol–water partition coefficient (Wildman–Crippen LogP) is 2.98. The molecule has 1 aliphatic carbocycles. The SMILES string of the molecule is COC(CNC(=O)C(=O)NC1CCCCCC1)c1ccccc1Cl. The average molecular weight is 353 g/mol. The van der Waals surface area contributed by atoms with Gasteiger partial charge in [0.15, 0.2) is 0 Å². The van der Waals surface area contributed by atoms with Crippen molar-refractivity contribution in [1.82, 2.24) is 10.6 Å². The molecule has 6 heteroatoms. The summed E-state index contributed by atoms with van der Waals surface area (Å²) < 4.78 is 5.38. The number of nitrogens with one attached hydrogen (secondary N) is 2. The molecule has 1 aliphatic rings. The molecule has 1 saturated carbocycles. The molecule has 0 bridgehead atoms. The third-order valence-electron chi connectivity index (χ3n) is 4.38. The minimum absolute atomic E-state index is 0.104. The van der Waals surface area contributed by atoms with Crippen LogP contribution in [0.5, 0.6) is 0 Å². The fourth-order valence-corrected chi connectivity index (χ4v) is 3.25. The van der Waals surface area contributed by atoms with E-state index in [1.807, 2.05) is 18.2 Å². The van der Waals surface area contributed by atoms with Crippen molar-refractivity contribution in [1.29, 1.82) is 0 Å². The van der Waals surface area contributed by atoms with E-state index in [4.69, 9.17) is 16.3 Å². The van der Waals surface area contributed by atoms with Crippen LogP contribution in [0.2, 0.25) is 5.02 Å². The van der Waals surface area contributed by atoms with Crippen LogP contribution in [0.15, 0.2) is 24.3 Å². The molecule has 0 saturated heterocycles. The summed E-state index contributed by atoms with van der Waals surface area (Å²) in [5.41, 5.74) is 0.783. The summed E-state index contributed by atoms with van der Waals surface area (Å²) in [5, 5.41) is 6.03. The van der Waals surface area contributed by atoms with E-state index in [0.29, 0.717) is 5.02 Å². The monoisotopic (exact) mass is 352 g/mol. The number of rotatable bonds is 5. The molecule has 0 aliphatic heterocycles. The number of carbonyl (C=O) groups excluding carboxylic acids is 2. The van der Waals surface area contributed by atoms with Crippen LogP contribution < -0.4 is 10.6 Å². The van der Waals surface area contributed by atoms with Gasteiger partial charge in [0.2, 0.25) is 0 Å². The quantitative estimate of drug-likeness (QED) is 0.632. The fourth-order valence-electron chi connectivity index (χ4n) is 3.00. The van der Waals surface area contributed by atoms with E-state index in [2.05, 4.69) is 10.6 Å². The number of carbonyl (C=O) groups is 2. The van der Waals surface area contributed by atoms with Gasteiger partial charge in [-0.3, -0.25) is 9.59 Å². The van der Waals surface area contributed by atoms with Gasteiger partial charge in [0.1, 0.15) is 6.10 Å². The van der Waals surface area contributed by atoms with E-state index in [1.54, 1.807) is 13.2 Å². The lowest BCUT2D eigenvalue weighted by molar-refractivity contribution is -0.140. The molecule has 1 fully saturated rings. The first-order chi connectivity index (χ1) is 11.6. The van der Waals surface area contributed by atoms with Crippen molar-refractivity contribution < 1.29 is 14.3 Å². The Morgan fingerprint density at radius 1 is 1.17 bits per heavy atom. The maximum atomic E-state index is 12.0. The lowest BCUT2D eigenvalue weighted by Gasteiger charge is -2.19. The van der Waals surface area contributed by atoms with Crippen LogP contribution in [0.4, 0.5) is 0 Å². The van der Waals surface area contributed by atoms with Crippen LogP contribution in [-0.2, 0) is 14.3 Å². The van der Waals surface area contributed by atoms with E-state index >= 15 is 0 Å². The zero-order valence-electron chi connectivity index (χ0n) is 14.0. The summed E-state index contributed by atoms with van der Waals surface area (Å²) in [6, 6.07) is 7.40.